The number of aliphatic hydroxyl groups excluding tert-OH is 8. The van der Waals surface area contributed by atoms with Gasteiger partial charge in [-0.3, -0.25) is 4.79 Å². The second-order valence-corrected chi connectivity index (χ2v) is 27.8. The van der Waals surface area contributed by atoms with Gasteiger partial charge in [-0.15, -0.1) is 0 Å². The van der Waals surface area contributed by atoms with Crippen LogP contribution in [0.3, 0.4) is 0 Å². The Balaban J connectivity index is 1.65. The summed E-state index contributed by atoms with van der Waals surface area (Å²) in [6.45, 7) is 2.84. The van der Waals surface area contributed by atoms with Crippen molar-refractivity contribution in [3.8, 4) is 0 Å². The zero-order valence-electron chi connectivity index (χ0n) is 59.3. The van der Waals surface area contributed by atoms with Gasteiger partial charge in [0.25, 0.3) is 0 Å². The number of carbonyl (C=O) groups is 1. The van der Waals surface area contributed by atoms with Crippen molar-refractivity contribution in [1.29, 1.82) is 0 Å². The lowest BCUT2D eigenvalue weighted by atomic mass is 9.97. The molecule has 2 rings (SSSR count). The van der Waals surface area contributed by atoms with Crippen LogP contribution in [0, 0.1) is 0 Å². The Kier molecular flexibility index (Phi) is 58.8. The van der Waals surface area contributed by atoms with Gasteiger partial charge >= 0.3 is 0 Å². The zero-order valence-corrected chi connectivity index (χ0v) is 59.3. The van der Waals surface area contributed by atoms with Crippen molar-refractivity contribution in [1.82, 2.24) is 5.32 Å². The maximum atomic E-state index is 13.4. The van der Waals surface area contributed by atoms with E-state index < -0.39 is 86.8 Å². The Labute approximate surface area is 563 Å². The molecule has 12 atom stereocenters. The molecular formula is C78H147NO13. The average molecular weight is 1310 g/mol. The van der Waals surface area contributed by atoms with Gasteiger partial charge in [0.15, 0.2) is 12.6 Å². The fourth-order valence-corrected chi connectivity index (χ4v) is 13.1. The fraction of sp³-hybridized carbons (Fsp3) is 0.910. The summed E-state index contributed by atoms with van der Waals surface area (Å²) in [6.07, 6.45) is 65.2. The molecule has 0 aromatic rings. The largest absolute Gasteiger partial charge is 0.394 e. The third-order valence-electron chi connectivity index (χ3n) is 19.3. The third-order valence-corrected chi connectivity index (χ3v) is 19.3. The van der Waals surface area contributed by atoms with Gasteiger partial charge in [0.2, 0.25) is 5.91 Å². The quantitative estimate of drug-likeness (QED) is 0.0204. The van der Waals surface area contributed by atoms with Gasteiger partial charge < -0.3 is 65.1 Å². The Hall–Kier alpha value is -1.79. The average Bonchev–Trinajstić information content (AvgIpc) is 0.940. The van der Waals surface area contributed by atoms with Gasteiger partial charge in [0.05, 0.1) is 32.0 Å². The van der Waals surface area contributed by atoms with Crippen LogP contribution in [0.15, 0.2) is 36.5 Å². The highest BCUT2D eigenvalue weighted by Crippen LogP contribution is 2.30. The maximum Gasteiger partial charge on any atom is 0.220 e. The lowest BCUT2D eigenvalue weighted by Gasteiger charge is -2.46. The minimum Gasteiger partial charge on any atom is -0.394 e. The standard InChI is InChI=1S/C78H147NO13/c1-3-5-7-9-11-13-15-17-19-21-23-25-27-29-30-31-32-33-34-35-36-38-39-41-43-45-47-49-51-53-55-57-59-61-67(82)66(65-89-77-75(88)73(86)76(69(64-81)91-77)92-78-74(87)72(85)71(84)68(63-80)90-78)79-70(83)62-60-58-56-54-52-50-48-46-44-42-40-37-28-26-24-22-20-18-16-14-12-10-8-6-4-2/h43,45,51,53,59,61,66-69,71-78,80-82,84-88H,3-42,44,46-50,52,54-58,60,62-65H2,1-2H3,(H,79,83)/b45-43+,53-51+,61-59+. The molecule has 0 aliphatic carbocycles. The number of allylic oxidation sites excluding steroid dienone is 5. The highest BCUT2D eigenvalue weighted by atomic mass is 16.7. The van der Waals surface area contributed by atoms with Crippen molar-refractivity contribution < 1.29 is 64.6 Å². The number of ether oxygens (including phenoxy) is 4. The van der Waals surface area contributed by atoms with E-state index in [9.17, 15) is 45.6 Å². The van der Waals surface area contributed by atoms with Crippen LogP contribution in [0.2, 0.25) is 0 Å². The van der Waals surface area contributed by atoms with Crippen LogP contribution in [0.1, 0.15) is 361 Å². The van der Waals surface area contributed by atoms with Crippen LogP contribution in [-0.4, -0.2) is 140 Å². The van der Waals surface area contributed by atoms with E-state index >= 15 is 0 Å². The number of nitrogens with one attached hydrogen (secondary N) is 1. The molecule has 2 aliphatic rings. The molecule has 542 valence electrons. The Morgan fingerprint density at radius 3 is 1.07 bits per heavy atom. The van der Waals surface area contributed by atoms with E-state index in [1.807, 2.05) is 6.08 Å². The minimum atomic E-state index is -1.79. The normalized spacial score (nSPS) is 22.8. The van der Waals surface area contributed by atoms with Crippen molar-refractivity contribution in [3.05, 3.63) is 36.5 Å². The lowest BCUT2D eigenvalue weighted by Crippen LogP contribution is -2.65. The molecule has 12 unspecified atom stereocenters. The number of unbranched alkanes of at least 4 members (excludes halogenated alkanes) is 49. The predicted molar refractivity (Wildman–Crippen MR) is 378 cm³/mol. The van der Waals surface area contributed by atoms with Crippen molar-refractivity contribution in [2.24, 2.45) is 0 Å². The lowest BCUT2D eigenvalue weighted by molar-refractivity contribution is -0.359. The monoisotopic (exact) mass is 1310 g/mol. The van der Waals surface area contributed by atoms with E-state index in [4.69, 9.17) is 18.9 Å². The molecule has 2 fully saturated rings. The Morgan fingerprint density at radius 1 is 0.380 bits per heavy atom. The van der Waals surface area contributed by atoms with Crippen molar-refractivity contribution in [2.75, 3.05) is 19.8 Å². The number of amides is 1. The van der Waals surface area contributed by atoms with Crippen LogP contribution < -0.4 is 5.32 Å². The summed E-state index contributed by atoms with van der Waals surface area (Å²) < 4.78 is 22.9. The van der Waals surface area contributed by atoms with Crippen LogP contribution in [0.25, 0.3) is 0 Å². The predicted octanol–water partition coefficient (Wildman–Crippen LogP) is 17.2. The minimum absolute atomic E-state index is 0.246. The van der Waals surface area contributed by atoms with Crippen molar-refractivity contribution in [2.45, 2.75) is 434 Å². The number of carbonyl (C=O) groups excluding carboxylic acids is 1. The second-order valence-electron chi connectivity index (χ2n) is 27.8. The Morgan fingerprint density at radius 2 is 0.696 bits per heavy atom. The van der Waals surface area contributed by atoms with Gasteiger partial charge in [-0.2, -0.15) is 0 Å². The van der Waals surface area contributed by atoms with E-state index in [0.717, 1.165) is 44.9 Å². The summed E-state index contributed by atoms with van der Waals surface area (Å²) in [5, 5.41) is 87.6. The molecular weight excluding hydrogens is 1160 g/mol. The molecule has 2 heterocycles. The van der Waals surface area contributed by atoms with Crippen LogP contribution in [-0.2, 0) is 23.7 Å². The van der Waals surface area contributed by atoms with Crippen LogP contribution in [0.4, 0.5) is 0 Å². The van der Waals surface area contributed by atoms with Gasteiger partial charge in [0, 0.05) is 6.42 Å². The molecule has 92 heavy (non-hydrogen) atoms. The first-order valence-corrected chi connectivity index (χ1v) is 39.2. The number of hydrogen-bond donors (Lipinski definition) is 9. The van der Waals surface area contributed by atoms with E-state index in [1.54, 1.807) is 6.08 Å². The summed E-state index contributed by atoms with van der Waals surface area (Å²) in [5.74, 6) is -0.246. The summed E-state index contributed by atoms with van der Waals surface area (Å²) in [4.78, 5) is 13.4. The Bertz CT molecular complexity index is 1680. The topological polar surface area (TPSA) is 228 Å². The molecule has 0 spiro atoms. The SMILES string of the molecule is CCCCCCCCCCCCCCCCCCCCCCCCC/C=C/CC/C=C/CC/C=C/C(O)C(COC1OC(CO)C(OC2OC(CO)C(O)C(O)C2O)C(O)C1O)NC(=O)CCCCCCCCCCCCCCCCCCCCCCCCCCC. The third kappa shape index (κ3) is 45.7. The molecule has 0 aromatic carbocycles. The van der Waals surface area contributed by atoms with Gasteiger partial charge in [0.1, 0.15) is 48.8 Å². The molecule has 14 heteroatoms. The van der Waals surface area contributed by atoms with E-state index in [1.165, 1.54) is 283 Å². The number of rotatable bonds is 66. The highest BCUT2D eigenvalue weighted by molar-refractivity contribution is 5.76. The highest BCUT2D eigenvalue weighted by Gasteiger charge is 2.51. The number of aliphatic hydroxyl groups is 8. The molecule has 14 nitrogen and oxygen atoms in total. The molecule has 0 radical (unpaired) electrons. The first-order chi connectivity index (χ1) is 45.1. The van der Waals surface area contributed by atoms with Crippen LogP contribution >= 0.6 is 0 Å². The smallest absolute Gasteiger partial charge is 0.220 e. The molecule has 9 N–H and O–H groups in total. The molecule has 2 saturated heterocycles. The van der Waals surface area contributed by atoms with E-state index in [-0.39, 0.29) is 18.9 Å². The molecule has 2 aliphatic heterocycles. The molecule has 1 amide bonds. The maximum absolute atomic E-state index is 13.4. The second kappa shape index (κ2) is 62.7. The summed E-state index contributed by atoms with van der Waals surface area (Å²) in [5.41, 5.74) is 0. The summed E-state index contributed by atoms with van der Waals surface area (Å²) in [6, 6.07) is -0.938. The summed E-state index contributed by atoms with van der Waals surface area (Å²) >= 11 is 0. The van der Waals surface area contributed by atoms with Gasteiger partial charge in [-0.1, -0.05) is 346 Å². The van der Waals surface area contributed by atoms with E-state index in [0.29, 0.717) is 12.8 Å². The first kappa shape index (κ1) is 86.3. The summed E-state index contributed by atoms with van der Waals surface area (Å²) in [7, 11) is 0. The van der Waals surface area contributed by atoms with Crippen LogP contribution in [0.5, 0.6) is 0 Å². The van der Waals surface area contributed by atoms with Gasteiger partial charge in [-0.05, 0) is 44.9 Å². The molecule has 0 aromatic heterocycles. The van der Waals surface area contributed by atoms with Crippen molar-refractivity contribution >= 4 is 5.91 Å². The fourth-order valence-electron chi connectivity index (χ4n) is 13.1. The first-order valence-electron chi connectivity index (χ1n) is 39.2. The van der Waals surface area contributed by atoms with Gasteiger partial charge in [-0.25, -0.2) is 0 Å². The van der Waals surface area contributed by atoms with E-state index in [2.05, 4.69) is 43.5 Å². The number of hydrogen-bond acceptors (Lipinski definition) is 13. The zero-order chi connectivity index (χ0) is 66.6. The molecule has 0 bridgehead atoms. The van der Waals surface area contributed by atoms with Crippen molar-refractivity contribution in [3.63, 3.8) is 0 Å². The molecule has 0 saturated carbocycles.